The van der Waals surface area contributed by atoms with Gasteiger partial charge >= 0.3 is 5.97 Å². The van der Waals surface area contributed by atoms with Gasteiger partial charge in [0.2, 0.25) is 5.91 Å². The molecule has 10 nitrogen and oxygen atoms in total. The van der Waals surface area contributed by atoms with E-state index in [9.17, 15) is 24.5 Å². The Bertz CT molecular complexity index is 1090. The predicted octanol–water partition coefficient (Wildman–Crippen LogP) is 3.10. The molecule has 11 heteroatoms. The van der Waals surface area contributed by atoms with E-state index < -0.39 is 29.3 Å². The molecule has 1 aliphatic rings. The van der Waals surface area contributed by atoms with E-state index in [1.807, 2.05) is 0 Å². The van der Waals surface area contributed by atoms with Gasteiger partial charge in [-0.05, 0) is 30.7 Å². The van der Waals surface area contributed by atoms with E-state index in [1.54, 1.807) is 25.1 Å². The van der Waals surface area contributed by atoms with Crippen molar-refractivity contribution in [3.8, 4) is 5.75 Å². The summed E-state index contributed by atoms with van der Waals surface area (Å²) >= 11 is 5.92. The third kappa shape index (κ3) is 5.14. The van der Waals surface area contributed by atoms with Crippen molar-refractivity contribution in [3.63, 3.8) is 0 Å². The normalized spacial score (nSPS) is 15.4. The van der Waals surface area contributed by atoms with E-state index >= 15 is 0 Å². The van der Waals surface area contributed by atoms with Gasteiger partial charge in [0.15, 0.2) is 6.61 Å². The molecule has 2 amide bonds. The molecule has 0 bridgehead atoms. The first kappa shape index (κ1) is 23.0. The molecule has 0 aromatic heterocycles. The van der Waals surface area contributed by atoms with Crippen LogP contribution in [0.2, 0.25) is 5.02 Å². The van der Waals surface area contributed by atoms with E-state index in [0.29, 0.717) is 16.4 Å². The predicted molar refractivity (Wildman–Crippen MR) is 116 cm³/mol. The third-order valence-corrected chi connectivity index (χ3v) is 5.18. The highest BCUT2D eigenvalue weighted by molar-refractivity contribution is 6.31. The van der Waals surface area contributed by atoms with Crippen molar-refractivity contribution in [1.29, 1.82) is 0 Å². The minimum absolute atomic E-state index is 0.000851. The SMILES string of the molecule is COc1cc([N+](=O)[O-])ccc1N1C[C@H](C(=O)OCC(=O)Nc2cc(Cl)ccc2C)CC1=O. The molecule has 1 aliphatic heterocycles. The lowest BCUT2D eigenvalue weighted by Gasteiger charge is -2.19. The fourth-order valence-corrected chi connectivity index (χ4v) is 3.44. The Kier molecular flexibility index (Phi) is 6.94. The molecule has 3 rings (SSSR count). The Hall–Kier alpha value is -3.66. The molecule has 0 unspecified atom stereocenters. The second kappa shape index (κ2) is 9.65. The topological polar surface area (TPSA) is 128 Å². The number of amides is 2. The van der Waals surface area contributed by atoms with E-state index in [0.717, 1.165) is 5.56 Å². The van der Waals surface area contributed by atoms with E-state index in [1.165, 1.54) is 30.2 Å². The summed E-state index contributed by atoms with van der Waals surface area (Å²) in [5, 5.41) is 14.0. The van der Waals surface area contributed by atoms with E-state index in [4.69, 9.17) is 21.1 Å². The summed E-state index contributed by atoms with van der Waals surface area (Å²) in [6.45, 7) is 1.28. The quantitative estimate of drug-likeness (QED) is 0.381. The van der Waals surface area contributed by atoms with E-state index in [2.05, 4.69) is 5.32 Å². The summed E-state index contributed by atoms with van der Waals surface area (Å²) < 4.78 is 10.3. The summed E-state index contributed by atoms with van der Waals surface area (Å²) in [6, 6.07) is 8.87. The molecule has 1 saturated heterocycles. The average Bonchev–Trinajstić information content (AvgIpc) is 3.15. The first-order valence-electron chi connectivity index (χ1n) is 9.55. The molecule has 2 aromatic carbocycles. The van der Waals surface area contributed by atoms with Gasteiger partial charge in [-0.2, -0.15) is 0 Å². The lowest BCUT2D eigenvalue weighted by atomic mass is 10.1. The molecule has 168 valence electrons. The maximum Gasteiger partial charge on any atom is 0.311 e. The number of hydrogen-bond acceptors (Lipinski definition) is 7. The number of halogens is 1. The number of esters is 1. The highest BCUT2D eigenvalue weighted by atomic mass is 35.5. The number of ether oxygens (including phenoxy) is 2. The maximum absolute atomic E-state index is 12.5. The number of nitrogens with one attached hydrogen (secondary N) is 1. The van der Waals surface area contributed by atoms with Crippen LogP contribution in [0.25, 0.3) is 0 Å². The van der Waals surface area contributed by atoms with Crippen molar-refractivity contribution in [2.75, 3.05) is 30.5 Å². The molecule has 1 N–H and O–H groups in total. The number of rotatable bonds is 7. The third-order valence-electron chi connectivity index (χ3n) is 4.94. The lowest BCUT2D eigenvalue weighted by molar-refractivity contribution is -0.384. The zero-order valence-electron chi connectivity index (χ0n) is 17.3. The monoisotopic (exact) mass is 461 g/mol. The number of anilines is 2. The van der Waals surface area contributed by atoms with Crippen molar-refractivity contribution in [2.45, 2.75) is 13.3 Å². The summed E-state index contributed by atoms with van der Waals surface area (Å²) in [6.07, 6.45) is -0.117. The van der Waals surface area contributed by atoms with Crippen LogP contribution in [0.1, 0.15) is 12.0 Å². The van der Waals surface area contributed by atoms with Crippen molar-refractivity contribution in [2.24, 2.45) is 5.92 Å². The number of aryl methyl sites for hydroxylation is 1. The standard InChI is InChI=1S/C21H20ClN3O7/c1-12-3-4-14(22)8-16(12)23-19(26)11-32-21(28)13-7-20(27)24(10-13)17-6-5-15(25(29)30)9-18(17)31-2/h3-6,8-9,13H,7,10-11H2,1-2H3,(H,23,26)/t13-/m1/s1. The smallest absolute Gasteiger partial charge is 0.311 e. The molecule has 0 radical (unpaired) electrons. The van der Waals surface area contributed by atoms with Gasteiger partial charge in [0.25, 0.3) is 11.6 Å². The number of nitro groups is 1. The van der Waals surface area contributed by atoms with Crippen molar-refractivity contribution >= 4 is 46.4 Å². The van der Waals surface area contributed by atoms with Gasteiger partial charge in [-0.25, -0.2) is 0 Å². The second-order valence-electron chi connectivity index (χ2n) is 7.13. The van der Waals surface area contributed by atoms with Gasteiger partial charge in [0.05, 0.1) is 29.7 Å². The molecular weight excluding hydrogens is 442 g/mol. The highest BCUT2D eigenvalue weighted by Gasteiger charge is 2.37. The molecule has 1 fully saturated rings. The van der Waals surface area contributed by atoms with Gasteiger partial charge in [-0.15, -0.1) is 0 Å². The lowest BCUT2D eigenvalue weighted by Crippen LogP contribution is -2.28. The Morgan fingerprint density at radius 2 is 2.03 bits per heavy atom. The number of nitro benzene ring substituents is 1. The molecule has 1 atom stereocenters. The van der Waals surface area contributed by atoms with Crippen LogP contribution in [-0.2, 0) is 19.1 Å². The fourth-order valence-electron chi connectivity index (χ4n) is 3.27. The second-order valence-corrected chi connectivity index (χ2v) is 7.57. The molecule has 1 heterocycles. The van der Waals surface area contributed by atoms with Crippen LogP contribution < -0.4 is 15.0 Å². The number of carbonyl (C=O) groups is 3. The minimum atomic E-state index is -0.789. The Balaban J connectivity index is 1.61. The molecule has 0 saturated carbocycles. The number of non-ortho nitro benzene ring substituents is 1. The molecule has 32 heavy (non-hydrogen) atoms. The number of hydrogen-bond donors (Lipinski definition) is 1. The van der Waals surface area contributed by atoms with Gasteiger partial charge in [-0.1, -0.05) is 17.7 Å². The highest BCUT2D eigenvalue weighted by Crippen LogP contribution is 2.36. The fraction of sp³-hybridized carbons (Fsp3) is 0.286. The Morgan fingerprint density at radius 1 is 1.28 bits per heavy atom. The zero-order valence-corrected chi connectivity index (χ0v) is 18.0. The van der Waals surface area contributed by atoms with Crippen LogP contribution in [-0.4, -0.2) is 43.0 Å². The Labute approximate surface area is 188 Å². The number of carbonyl (C=O) groups excluding carboxylic acids is 3. The number of benzene rings is 2. The summed E-state index contributed by atoms with van der Waals surface area (Å²) in [4.78, 5) is 48.7. The van der Waals surface area contributed by atoms with Gasteiger partial charge in [0.1, 0.15) is 5.75 Å². The first-order valence-corrected chi connectivity index (χ1v) is 9.93. The van der Waals surface area contributed by atoms with Crippen LogP contribution in [0.4, 0.5) is 17.1 Å². The maximum atomic E-state index is 12.5. The molecule has 0 spiro atoms. The van der Waals surface area contributed by atoms with Crippen LogP contribution >= 0.6 is 11.6 Å². The number of nitrogens with zero attached hydrogens (tertiary/aromatic N) is 2. The van der Waals surface area contributed by atoms with Crippen molar-refractivity contribution in [1.82, 2.24) is 0 Å². The largest absolute Gasteiger partial charge is 0.494 e. The van der Waals surface area contributed by atoms with Crippen LogP contribution in [0, 0.1) is 23.0 Å². The molecule has 2 aromatic rings. The molecular formula is C21H20ClN3O7. The zero-order chi connectivity index (χ0) is 23.4. The summed E-state index contributed by atoms with van der Waals surface area (Å²) in [5.74, 6) is -2.25. The van der Waals surface area contributed by atoms with Gasteiger partial charge in [0, 0.05) is 29.7 Å². The van der Waals surface area contributed by atoms with Crippen molar-refractivity contribution in [3.05, 3.63) is 57.1 Å². The van der Waals surface area contributed by atoms with E-state index in [-0.39, 0.29) is 30.3 Å². The molecule has 0 aliphatic carbocycles. The van der Waals surface area contributed by atoms with Gasteiger partial charge < -0.3 is 19.7 Å². The summed E-state index contributed by atoms with van der Waals surface area (Å²) in [7, 11) is 1.33. The van der Waals surface area contributed by atoms with Crippen LogP contribution in [0.15, 0.2) is 36.4 Å². The van der Waals surface area contributed by atoms with Crippen molar-refractivity contribution < 1.29 is 28.8 Å². The first-order chi connectivity index (χ1) is 15.2. The number of methoxy groups -OCH3 is 1. The van der Waals surface area contributed by atoms with Crippen LogP contribution in [0.5, 0.6) is 5.75 Å². The minimum Gasteiger partial charge on any atom is -0.494 e. The van der Waals surface area contributed by atoms with Crippen LogP contribution in [0.3, 0.4) is 0 Å². The van der Waals surface area contributed by atoms with Gasteiger partial charge in [-0.3, -0.25) is 24.5 Å². The Morgan fingerprint density at radius 3 is 2.72 bits per heavy atom. The average molecular weight is 462 g/mol. The summed E-state index contributed by atoms with van der Waals surface area (Å²) in [5.41, 5.74) is 1.43.